The van der Waals surface area contributed by atoms with Gasteiger partial charge >= 0.3 is 0 Å². The largest absolute Gasteiger partial charge is 0.352 e. The van der Waals surface area contributed by atoms with Gasteiger partial charge < -0.3 is 11.1 Å². The fraction of sp³-hybridized carbons (Fsp3) is 0.375. The van der Waals surface area contributed by atoms with Gasteiger partial charge in [0, 0.05) is 20.6 Å². The SMILES string of the molecule is Cc1ccc(S(=O)(=O)N(C)c2c(C(=O)NCCCN)cnn2C)cc1. The van der Waals surface area contributed by atoms with Gasteiger partial charge in [-0.2, -0.15) is 5.10 Å². The quantitative estimate of drug-likeness (QED) is 0.699. The number of hydrogen-bond acceptors (Lipinski definition) is 5. The van der Waals surface area contributed by atoms with E-state index < -0.39 is 10.0 Å². The summed E-state index contributed by atoms with van der Waals surface area (Å²) in [5.41, 5.74) is 6.57. The van der Waals surface area contributed by atoms with E-state index >= 15 is 0 Å². The third-order valence-corrected chi connectivity index (χ3v) is 5.56. The summed E-state index contributed by atoms with van der Waals surface area (Å²) in [4.78, 5) is 12.5. The first-order chi connectivity index (χ1) is 11.8. The number of carbonyl (C=O) groups is 1. The van der Waals surface area contributed by atoms with Gasteiger partial charge in [0.2, 0.25) is 0 Å². The second-order valence-corrected chi connectivity index (χ2v) is 7.66. The van der Waals surface area contributed by atoms with Crippen molar-refractivity contribution in [3.8, 4) is 0 Å². The molecule has 0 aliphatic carbocycles. The van der Waals surface area contributed by atoms with Crippen LogP contribution in [0.1, 0.15) is 22.3 Å². The molecule has 0 unspecified atom stereocenters. The van der Waals surface area contributed by atoms with Crippen molar-refractivity contribution in [1.82, 2.24) is 15.1 Å². The van der Waals surface area contributed by atoms with Crippen LogP contribution in [-0.2, 0) is 17.1 Å². The molecule has 1 amide bonds. The zero-order valence-electron chi connectivity index (χ0n) is 14.6. The van der Waals surface area contributed by atoms with E-state index in [9.17, 15) is 13.2 Å². The summed E-state index contributed by atoms with van der Waals surface area (Å²) < 4.78 is 28.2. The third kappa shape index (κ3) is 3.99. The lowest BCUT2D eigenvalue weighted by atomic mass is 10.2. The van der Waals surface area contributed by atoms with Crippen LogP contribution in [-0.4, -0.2) is 44.2 Å². The number of anilines is 1. The summed E-state index contributed by atoms with van der Waals surface area (Å²) in [5, 5.41) is 6.75. The maximum absolute atomic E-state index is 12.9. The Morgan fingerprint density at radius 2 is 1.96 bits per heavy atom. The van der Waals surface area contributed by atoms with Crippen molar-refractivity contribution in [2.45, 2.75) is 18.2 Å². The fourth-order valence-corrected chi connectivity index (χ4v) is 3.59. The number of aryl methyl sites for hydroxylation is 2. The van der Waals surface area contributed by atoms with Gasteiger partial charge in [0.25, 0.3) is 15.9 Å². The summed E-state index contributed by atoms with van der Waals surface area (Å²) in [6.07, 6.45) is 1.99. The molecule has 1 aromatic carbocycles. The molecular weight excluding hydrogens is 342 g/mol. The van der Waals surface area contributed by atoms with E-state index in [1.807, 2.05) is 6.92 Å². The van der Waals surface area contributed by atoms with Crippen LogP contribution in [0.15, 0.2) is 35.4 Å². The smallest absolute Gasteiger partial charge is 0.265 e. The van der Waals surface area contributed by atoms with Gasteiger partial charge in [-0.15, -0.1) is 0 Å². The number of sulfonamides is 1. The Bertz CT molecular complexity index is 843. The van der Waals surface area contributed by atoms with Crippen LogP contribution in [0.5, 0.6) is 0 Å². The van der Waals surface area contributed by atoms with E-state index in [0.29, 0.717) is 19.5 Å². The number of aromatic nitrogens is 2. The van der Waals surface area contributed by atoms with Gasteiger partial charge in [-0.05, 0) is 32.0 Å². The topological polar surface area (TPSA) is 110 Å². The van der Waals surface area contributed by atoms with Crippen LogP contribution in [0.2, 0.25) is 0 Å². The van der Waals surface area contributed by atoms with E-state index in [4.69, 9.17) is 5.73 Å². The number of carbonyl (C=O) groups excluding carboxylic acids is 1. The maximum Gasteiger partial charge on any atom is 0.265 e. The lowest BCUT2D eigenvalue weighted by molar-refractivity contribution is 0.0954. The van der Waals surface area contributed by atoms with Crippen LogP contribution < -0.4 is 15.4 Å². The molecule has 0 saturated carbocycles. The molecule has 0 bridgehead atoms. The molecule has 0 fully saturated rings. The Morgan fingerprint density at radius 1 is 1.32 bits per heavy atom. The van der Waals surface area contributed by atoms with Crippen molar-refractivity contribution in [3.05, 3.63) is 41.6 Å². The summed E-state index contributed by atoms with van der Waals surface area (Å²) in [6.45, 7) is 2.75. The highest BCUT2D eigenvalue weighted by Crippen LogP contribution is 2.25. The zero-order valence-corrected chi connectivity index (χ0v) is 15.4. The van der Waals surface area contributed by atoms with E-state index in [-0.39, 0.29) is 22.2 Å². The van der Waals surface area contributed by atoms with Crippen LogP contribution in [0.3, 0.4) is 0 Å². The van der Waals surface area contributed by atoms with Gasteiger partial charge in [-0.3, -0.25) is 13.8 Å². The number of rotatable bonds is 7. The number of benzene rings is 1. The molecule has 0 aliphatic heterocycles. The minimum absolute atomic E-state index is 0.149. The minimum Gasteiger partial charge on any atom is -0.352 e. The average Bonchev–Trinajstić information content (AvgIpc) is 2.96. The fourth-order valence-electron chi connectivity index (χ4n) is 2.35. The van der Waals surface area contributed by atoms with Crippen molar-refractivity contribution in [3.63, 3.8) is 0 Å². The summed E-state index contributed by atoms with van der Waals surface area (Å²) in [7, 11) is -0.814. The lowest BCUT2D eigenvalue weighted by Crippen LogP contribution is -2.32. The molecule has 0 atom stereocenters. The Morgan fingerprint density at radius 3 is 2.56 bits per heavy atom. The normalized spacial score (nSPS) is 11.4. The lowest BCUT2D eigenvalue weighted by Gasteiger charge is -2.21. The highest BCUT2D eigenvalue weighted by molar-refractivity contribution is 7.92. The number of nitrogens with zero attached hydrogens (tertiary/aromatic N) is 3. The first-order valence-electron chi connectivity index (χ1n) is 7.85. The van der Waals surface area contributed by atoms with Gasteiger partial charge in [0.15, 0.2) is 5.82 Å². The Balaban J connectivity index is 2.35. The second kappa shape index (κ2) is 7.66. The average molecular weight is 365 g/mol. The Kier molecular flexibility index (Phi) is 5.81. The van der Waals surface area contributed by atoms with Crippen LogP contribution in [0.4, 0.5) is 5.82 Å². The van der Waals surface area contributed by atoms with Crippen molar-refractivity contribution >= 4 is 21.7 Å². The van der Waals surface area contributed by atoms with Crippen LogP contribution >= 0.6 is 0 Å². The standard InChI is InChI=1S/C16H23N5O3S/c1-12-5-7-13(8-6-12)25(23,24)21(3)16-14(11-19-20(16)2)15(22)18-10-4-9-17/h5-8,11H,4,9-10,17H2,1-3H3,(H,18,22). The highest BCUT2D eigenvalue weighted by Gasteiger charge is 2.28. The summed E-state index contributed by atoms with van der Waals surface area (Å²) in [5.74, 6) is -0.187. The second-order valence-electron chi connectivity index (χ2n) is 5.69. The molecule has 0 saturated heterocycles. The minimum atomic E-state index is -3.81. The van der Waals surface area contributed by atoms with Gasteiger partial charge in [-0.1, -0.05) is 17.7 Å². The van der Waals surface area contributed by atoms with Crippen molar-refractivity contribution < 1.29 is 13.2 Å². The first kappa shape index (κ1) is 18.9. The number of amides is 1. The molecule has 0 radical (unpaired) electrons. The number of hydrogen-bond donors (Lipinski definition) is 2. The van der Waals surface area contributed by atoms with Crippen molar-refractivity contribution in [2.24, 2.45) is 12.8 Å². The molecule has 8 nitrogen and oxygen atoms in total. The van der Waals surface area contributed by atoms with Crippen LogP contribution in [0.25, 0.3) is 0 Å². The first-order valence-corrected chi connectivity index (χ1v) is 9.29. The van der Waals surface area contributed by atoms with Gasteiger partial charge in [0.1, 0.15) is 5.56 Å². The molecule has 9 heteroatoms. The monoisotopic (exact) mass is 365 g/mol. The molecule has 136 valence electrons. The Labute approximate surface area is 147 Å². The predicted molar refractivity (Wildman–Crippen MR) is 96.0 cm³/mol. The predicted octanol–water partition coefficient (Wildman–Crippen LogP) is 0.632. The molecule has 2 aromatic rings. The summed E-state index contributed by atoms with van der Waals surface area (Å²) >= 11 is 0. The Hall–Kier alpha value is -2.39. The highest BCUT2D eigenvalue weighted by atomic mass is 32.2. The van der Waals surface area contributed by atoms with Crippen molar-refractivity contribution in [2.75, 3.05) is 24.4 Å². The van der Waals surface area contributed by atoms with E-state index in [1.54, 1.807) is 31.3 Å². The molecule has 1 aromatic heterocycles. The van der Waals surface area contributed by atoms with E-state index in [0.717, 1.165) is 9.87 Å². The molecular formula is C16H23N5O3S. The molecule has 3 N–H and O–H groups in total. The molecule has 1 heterocycles. The van der Waals surface area contributed by atoms with Crippen molar-refractivity contribution in [1.29, 1.82) is 0 Å². The molecule has 0 spiro atoms. The molecule has 2 rings (SSSR count). The van der Waals surface area contributed by atoms with E-state index in [1.165, 1.54) is 17.9 Å². The molecule has 25 heavy (non-hydrogen) atoms. The van der Waals surface area contributed by atoms with Crippen LogP contribution in [0, 0.1) is 6.92 Å². The summed E-state index contributed by atoms with van der Waals surface area (Å²) in [6, 6.07) is 6.53. The van der Waals surface area contributed by atoms with Gasteiger partial charge in [0.05, 0.1) is 11.1 Å². The third-order valence-electron chi connectivity index (χ3n) is 3.80. The number of nitrogens with one attached hydrogen (secondary N) is 1. The number of nitrogens with two attached hydrogens (primary N) is 1. The van der Waals surface area contributed by atoms with Gasteiger partial charge in [-0.25, -0.2) is 8.42 Å². The maximum atomic E-state index is 12.9. The molecule has 0 aliphatic rings. The van der Waals surface area contributed by atoms with E-state index in [2.05, 4.69) is 10.4 Å². The zero-order chi connectivity index (χ0) is 18.6.